The third-order valence-electron chi connectivity index (χ3n) is 2.93. The van der Waals surface area contributed by atoms with E-state index in [9.17, 15) is 4.39 Å². The van der Waals surface area contributed by atoms with Crippen LogP contribution in [0.1, 0.15) is 54.1 Å². The minimum Gasteiger partial charge on any atom is -0.207 e. The van der Waals surface area contributed by atoms with Gasteiger partial charge in [0.05, 0.1) is 0 Å². The molecule has 0 aliphatic heterocycles. The molecule has 0 amide bonds. The van der Waals surface area contributed by atoms with Gasteiger partial charge in [0.1, 0.15) is 5.82 Å². The topological polar surface area (TPSA) is 0 Å². The summed E-state index contributed by atoms with van der Waals surface area (Å²) in [6.45, 7) is 6.18. The van der Waals surface area contributed by atoms with Gasteiger partial charge in [0.2, 0.25) is 0 Å². The van der Waals surface area contributed by atoms with E-state index in [0.29, 0.717) is 4.83 Å². The summed E-state index contributed by atoms with van der Waals surface area (Å²) in [7, 11) is 0. The van der Waals surface area contributed by atoms with Gasteiger partial charge in [-0.25, -0.2) is 4.39 Å². The molecule has 0 N–H and O–H groups in total. The molecular weight excluding hydrogens is 267 g/mol. The lowest BCUT2D eigenvalue weighted by atomic mass is 9.97. The molecule has 16 heavy (non-hydrogen) atoms. The van der Waals surface area contributed by atoms with E-state index < -0.39 is 0 Å². The van der Waals surface area contributed by atoms with Crippen LogP contribution in [0.3, 0.4) is 0 Å². The van der Waals surface area contributed by atoms with Crippen molar-refractivity contribution in [3.05, 3.63) is 34.6 Å². The van der Waals surface area contributed by atoms with Crippen molar-refractivity contribution in [1.29, 1.82) is 0 Å². The van der Waals surface area contributed by atoms with Crippen LogP contribution in [0.25, 0.3) is 0 Å². The van der Waals surface area contributed by atoms with E-state index in [-0.39, 0.29) is 5.82 Å². The first-order valence-electron chi connectivity index (χ1n) is 5.97. The Hall–Kier alpha value is -0.370. The Kier molecular flexibility index (Phi) is 5.47. The van der Waals surface area contributed by atoms with Crippen molar-refractivity contribution >= 4 is 15.9 Å². The number of halogens is 2. The van der Waals surface area contributed by atoms with Gasteiger partial charge < -0.3 is 0 Å². The van der Waals surface area contributed by atoms with E-state index in [1.807, 2.05) is 13.8 Å². The van der Waals surface area contributed by atoms with Crippen molar-refractivity contribution in [3.63, 3.8) is 0 Å². The summed E-state index contributed by atoms with van der Waals surface area (Å²) in [5.74, 6) is -0.132. The predicted molar refractivity (Wildman–Crippen MR) is 71.7 cm³/mol. The first-order chi connectivity index (χ1) is 7.56. The summed E-state index contributed by atoms with van der Waals surface area (Å²) < 4.78 is 13.2. The molecule has 0 spiro atoms. The van der Waals surface area contributed by atoms with E-state index in [1.165, 1.54) is 24.8 Å². The minimum atomic E-state index is -0.132. The Labute approximate surface area is 106 Å². The lowest BCUT2D eigenvalue weighted by Crippen LogP contribution is -1.99. The number of aryl methyl sites for hydroxylation is 2. The molecule has 2 heteroatoms. The summed E-state index contributed by atoms with van der Waals surface area (Å²) in [4.78, 5) is 0.361. The monoisotopic (exact) mass is 286 g/mol. The molecule has 0 heterocycles. The molecule has 0 aliphatic rings. The van der Waals surface area contributed by atoms with Gasteiger partial charge in [0.15, 0.2) is 0 Å². The molecule has 0 radical (unpaired) electrons. The van der Waals surface area contributed by atoms with Gasteiger partial charge in [0.25, 0.3) is 0 Å². The minimum absolute atomic E-state index is 0.132. The molecule has 1 rings (SSSR count). The lowest BCUT2D eigenvalue weighted by Gasteiger charge is -2.16. The third-order valence-corrected chi connectivity index (χ3v) is 3.85. The molecule has 90 valence electrons. The molecule has 0 nitrogen and oxygen atoms in total. The second kappa shape index (κ2) is 6.39. The van der Waals surface area contributed by atoms with Crippen molar-refractivity contribution in [3.8, 4) is 0 Å². The van der Waals surface area contributed by atoms with E-state index in [0.717, 1.165) is 17.5 Å². The quantitative estimate of drug-likeness (QED) is 0.498. The predicted octanol–water partition coefficient (Wildman–Crippen LogP) is 5.46. The molecule has 0 aliphatic carbocycles. The first kappa shape index (κ1) is 13.7. The summed E-state index contributed by atoms with van der Waals surface area (Å²) in [5, 5.41) is 0. The number of unbranched alkanes of at least 4 members (excludes halogenated alkanes) is 2. The van der Waals surface area contributed by atoms with Crippen molar-refractivity contribution in [2.45, 2.75) is 51.3 Å². The van der Waals surface area contributed by atoms with E-state index >= 15 is 0 Å². The maximum Gasteiger partial charge on any atom is 0.123 e. The van der Waals surface area contributed by atoms with E-state index in [2.05, 4.69) is 22.9 Å². The Balaban J connectivity index is 2.78. The molecule has 1 unspecified atom stereocenters. The van der Waals surface area contributed by atoms with Crippen molar-refractivity contribution in [2.24, 2.45) is 0 Å². The Bertz CT molecular complexity index is 324. The Morgan fingerprint density at radius 1 is 1.19 bits per heavy atom. The highest BCUT2D eigenvalue weighted by atomic mass is 79.9. The van der Waals surface area contributed by atoms with Crippen LogP contribution in [0.2, 0.25) is 0 Å². The summed E-state index contributed by atoms with van der Waals surface area (Å²) in [5.41, 5.74) is 3.37. The Morgan fingerprint density at radius 2 is 1.75 bits per heavy atom. The third kappa shape index (κ3) is 3.58. The van der Waals surface area contributed by atoms with Gasteiger partial charge in [0, 0.05) is 4.83 Å². The fraction of sp³-hybridized carbons (Fsp3) is 0.571. The number of hydrogen-bond acceptors (Lipinski definition) is 0. The fourth-order valence-electron chi connectivity index (χ4n) is 2.13. The zero-order chi connectivity index (χ0) is 12.1. The van der Waals surface area contributed by atoms with Gasteiger partial charge in [-0.05, 0) is 49.1 Å². The van der Waals surface area contributed by atoms with Crippen LogP contribution in [0, 0.1) is 19.7 Å². The van der Waals surface area contributed by atoms with Gasteiger partial charge in [-0.1, -0.05) is 42.1 Å². The molecule has 0 aromatic heterocycles. The highest BCUT2D eigenvalue weighted by molar-refractivity contribution is 9.09. The summed E-state index contributed by atoms with van der Waals surface area (Å²) >= 11 is 3.72. The van der Waals surface area contributed by atoms with Crippen LogP contribution in [0.15, 0.2) is 12.1 Å². The number of alkyl halides is 1. The van der Waals surface area contributed by atoms with E-state index in [4.69, 9.17) is 0 Å². The van der Waals surface area contributed by atoms with Gasteiger partial charge in [-0.2, -0.15) is 0 Å². The molecule has 1 aromatic carbocycles. The van der Waals surface area contributed by atoms with Crippen LogP contribution < -0.4 is 0 Å². The zero-order valence-electron chi connectivity index (χ0n) is 10.3. The first-order valence-corrected chi connectivity index (χ1v) is 6.88. The fourth-order valence-corrected chi connectivity index (χ4v) is 3.18. The second-order valence-electron chi connectivity index (χ2n) is 4.42. The Morgan fingerprint density at radius 3 is 2.25 bits per heavy atom. The molecule has 1 atom stereocenters. The zero-order valence-corrected chi connectivity index (χ0v) is 11.9. The van der Waals surface area contributed by atoms with Gasteiger partial charge in [-0.3, -0.25) is 0 Å². The van der Waals surface area contributed by atoms with Crippen LogP contribution in [0.4, 0.5) is 4.39 Å². The van der Waals surface area contributed by atoms with E-state index in [1.54, 1.807) is 12.1 Å². The van der Waals surface area contributed by atoms with Gasteiger partial charge in [-0.15, -0.1) is 0 Å². The molecule has 0 saturated heterocycles. The number of hydrogen-bond donors (Lipinski definition) is 0. The normalized spacial score (nSPS) is 12.8. The second-order valence-corrected chi connectivity index (χ2v) is 5.52. The van der Waals surface area contributed by atoms with Crippen molar-refractivity contribution < 1.29 is 4.39 Å². The average molecular weight is 287 g/mol. The molecule has 0 saturated carbocycles. The molecular formula is C14H20BrF. The average Bonchev–Trinajstić information content (AvgIpc) is 2.16. The molecule has 1 aromatic rings. The molecule has 0 fully saturated rings. The van der Waals surface area contributed by atoms with Crippen LogP contribution >= 0.6 is 15.9 Å². The largest absolute Gasteiger partial charge is 0.207 e. The maximum atomic E-state index is 13.2. The summed E-state index contributed by atoms with van der Waals surface area (Å²) in [6.07, 6.45) is 4.85. The summed E-state index contributed by atoms with van der Waals surface area (Å²) in [6, 6.07) is 3.24. The number of rotatable bonds is 5. The van der Waals surface area contributed by atoms with Crippen LogP contribution in [0.5, 0.6) is 0 Å². The SMILES string of the molecule is CCCCCC(Br)c1c(C)cc(F)cc1C. The van der Waals surface area contributed by atoms with Crippen LogP contribution in [-0.4, -0.2) is 0 Å². The molecule has 0 bridgehead atoms. The maximum absolute atomic E-state index is 13.2. The van der Waals surface area contributed by atoms with Gasteiger partial charge >= 0.3 is 0 Å². The highest BCUT2D eigenvalue weighted by Crippen LogP contribution is 2.33. The number of benzene rings is 1. The van der Waals surface area contributed by atoms with Crippen molar-refractivity contribution in [2.75, 3.05) is 0 Å². The standard InChI is InChI=1S/C14H20BrF/c1-4-5-6-7-13(15)14-10(2)8-12(16)9-11(14)3/h8-9,13H,4-7H2,1-3H3. The van der Waals surface area contributed by atoms with Crippen LogP contribution in [-0.2, 0) is 0 Å². The smallest absolute Gasteiger partial charge is 0.123 e. The highest BCUT2D eigenvalue weighted by Gasteiger charge is 2.13. The van der Waals surface area contributed by atoms with Crippen molar-refractivity contribution in [1.82, 2.24) is 0 Å². The lowest BCUT2D eigenvalue weighted by molar-refractivity contribution is 0.621.